The number of anilines is 1. The van der Waals surface area contributed by atoms with E-state index < -0.39 is 5.97 Å². The molecule has 0 fully saturated rings. The molecule has 0 saturated heterocycles. The second kappa shape index (κ2) is 6.43. The molecule has 1 aromatic carbocycles. The number of hydrogen-bond donors (Lipinski definition) is 0. The molecule has 112 valence electrons. The fourth-order valence-electron chi connectivity index (χ4n) is 2.35. The molecule has 0 aliphatic rings. The Morgan fingerprint density at radius 1 is 1.19 bits per heavy atom. The van der Waals surface area contributed by atoms with Crippen LogP contribution in [0.1, 0.15) is 24.3 Å². The largest absolute Gasteiger partial charge is 0.496 e. The van der Waals surface area contributed by atoms with Crippen molar-refractivity contribution in [2.75, 3.05) is 32.2 Å². The minimum absolute atomic E-state index is 0.248. The van der Waals surface area contributed by atoms with E-state index in [2.05, 4.69) is 23.7 Å². The van der Waals surface area contributed by atoms with Gasteiger partial charge in [0.05, 0.1) is 19.7 Å². The molecule has 0 bridgehead atoms. The number of fused-ring (bicyclic) bond motifs is 1. The number of carbonyl (C=O) groups is 1. The van der Waals surface area contributed by atoms with Crippen LogP contribution in [-0.2, 0) is 4.74 Å². The Bertz CT molecular complexity index is 651. The Hall–Kier alpha value is -2.30. The third-order valence-corrected chi connectivity index (χ3v) is 3.50. The predicted molar refractivity (Wildman–Crippen MR) is 83.2 cm³/mol. The topological polar surface area (TPSA) is 51.7 Å². The Morgan fingerprint density at radius 3 is 2.48 bits per heavy atom. The number of carbonyl (C=O) groups excluding carboxylic acids is 1. The zero-order valence-electron chi connectivity index (χ0n) is 12.8. The molecule has 0 spiro atoms. The minimum Gasteiger partial charge on any atom is -0.496 e. The normalized spacial score (nSPS) is 10.5. The second-order valence-corrected chi connectivity index (χ2v) is 4.58. The van der Waals surface area contributed by atoms with Crippen LogP contribution in [-0.4, -0.2) is 38.3 Å². The van der Waals surface area contributed by atoms with E-state index in [-0.39, 0.29) is 5.69 Å². The van der Waals surface area contributed by atoms with Gasteiger partial charge in [-0.3, -0.25) is 0 Å². The fourth-order valence-corrected chi connectivity index (χ4v) is 2.35. The summed E-state index contributed by atoms with van der Waals surface area (Å²) < 4.78 is 10.1. The van der Waals surface area contributed by atoms with Gasteiger partial charge in [-0.1, -0.05) is 0 Å². The molecule has 0 amide bonds. The summed E-state index contributed by atoms with van der Waals surface area (Å²) in [4.78, 5) is 18.2. The van der Waals surface area contributed by atoms with E-state index in [0.717, 1.165) is 24.2 Å². The Balaban J connectivity index is 2.59. The summed E-state index contributed by atoms with van der Waals surface area (Å²) in [6.45, 7) is 6.09. The molecule has 0 N–H and O–H groups in total. The molecule has 0 unspecified atom stereocenters. The van der Waals surface area contributed by atoms with Crippen molar-refractivity contribution < 1.29 is 14.3 Å². The lowest BCUT2D eigenvalue weighted by atomic mass is 10.1. The Kier molecular flexibility index (Phi) is 4.62. The number of rotatable bonds is 5. The van der Waals surface area contributed by atoms with E-state index in [4.69, 9.17) is 9.47 Å². The van der Waals surface area contributed by atoms with Crippen LogP contribution in [0.5, 0.6) is 5.75 Å². The molecule has 0 aliphatic heterocycles. The van der Waals surface area contributed by atoms with Crippen molar-refractivity contribution in [2.24, 2.45) is 0 Å². The quantitative estimate of drug-likeness (QED) is 0.792. The summed E-state index contributed by atoms with van der Waals surface area (Å²) in [6, 6.07) is 7.55. The van der Waals surface area contributed by atoms with Gasteiger partial charge in [0, 0.05) is 30.2 Å². The summed E-state index contributed by atoms with van der Waals surface area (Å²) >= 11 is 0. The maximum atomic E-state index is 11.6. The molecule has 2 aromatic rings. The maximum Gasteiger partial charge on any atom is 0.356 e. The standard InChI is InChI=1S/C16H20N2O3/c1-5-18(6-2)11-7-8-13-12(9-11)15(20-3)10-14(17-13)16(19)21-4/h7-10H,5-6H2,1-4H3. The first-order chi connectivity index (χ1) is 10.1. The van der Waals surface area contributed by atoms with Crippen LogP contribution in [0.3, 0.4) is 0 Å². The first-order valence-electron chi connectivity index (χ1n) is 6.96. The lowest BCUT2D eigenvalue weighted by Gasteiger charge is -2.21. The molecular formula is C16H20N2O3. The highest BCUT2D eigenvalue weighted by Gasteiger charge is 2.14. The van der Waals surface area contributed by atoms with Crippen molar-refractivity contribution in [2.45, 2.75) is 13.8 Å². The lowest BCUT2D eigenvalue weighted by Crippen LogP contribution is -2.21. The van der Waals surface area contributed by atoms with Crippen molar-refractivity contribution in [3.63, 3.8) is 0 Å². The minimum atomic E-state index is -0.469. The van der Waals surface area contributed by atoms with E-state index in [1.54, 1.807) is 13.2 Å². The van der Waals surface area contributed by atoms with Gasteiger partial charge in [-0.15, -0.1) is 0 Å². The molecule has 0 aliphatic carbocycles. The van der Waals surface area contributed by atoms with E-state index in [1.165, 1.54) is 7.11 Å². The summed E-state index contributed by atoms with van der Waals surface area (Å²) in [5, 5.41) is 0.884. The highest BCUT2D eigenvalue weighted by atomic mass is 16.5. The highest BCUT2D eigenvalue weighted by Crippen LogP contribution is 2.29. The average Bonchev–Trinajstić information content (AvgIpc) is 2.54. The molecule has 0 atom stereocenters. The van der Waals surface area contributed by atoms with Gasteiger partial charge in [0.15, 0.2) is 5.69 Å². The SMILES string of the molecule is CCN(CC)c1ccc2nc(C(=O)OC)cc(OC)c2c1. The highest BCUT2D eigenvalue weighted by molar-refractivity contribution is 5.95. The van der Waals surface area contributed by atoms with Crippen molar-refractivity contribution in [1.82, 2.24) is 4.98 Å². The molecule has 0 radical (unpaired) electrons. The third kappa shape index (κ3) is 2.91. The van der Waals surface area contributed by atoms with Gasteiger partial charge in [0.2, 0.25) is 0 Å². The zero-order chi connectivity index (χ0) is 15.4. The first kappa shape index (κ1) is 15.1. The van der Waals surface area contributed by atoms with Gasteiger partial charge >= 0.3 is 5.97 Å². The van der Waals surface area contributed by atoms with Crippen molar-refractivity contribution >= 4 is 22.6 Å². The molecule has 21 heavy (non-hydrogen) atoms. The lowest BCUT2D eigenvalue weighted by molar-refractivity contribution is 0.0594. The van der Waals surface area contributed by atoms with E-state index in [1.807, 2.05) is 18.2 Å². The van der Waals surface area contributed by atoms with Gasteiger partial charge in [0.1, 0.15) is 5.75 Å². The van der Waals surface area contributed by atoms with Crippen molar-refractivity contribution in [3.05, 3.63) is 30.0 Å². The molecule has 1 aromatic heterocycles. The monoisotopic (exact) mass is 288 g/mol. The van der Waals surface area contributed by atoms with Crippen molar-refractivity contribution in [1.29, 1.82) is 0 Å². The summed E-state index contributed by atoms with van der Waals surface area (Å²) in [5.41, 5.74) is 2.07. The van der Waals surface area contributed by atoms with Gasteiger partial charge < -0.3 is 14.4 Å². The zero-order valence-corrected chi connectivity index (χ0v) is 12.8. The number of aromatic nitrogens is 1. The number of ether oxygens (including phenoxy) is 2. The van der Waals surface area contributed by atoms with Crippen LogP contribution in [0.25, 0.3) is 10.9 Å². The van der Waals surface area contributed by atoms with Crippen LogP contribution < -0.4 is 9.64 Å². The smallest absolute Gasteiger partial charge is 0.356 e. The van der Waals surface area contributed by atoms with Gasteiger partial charge in [-0.25, -0.2) is 9.78 Å². The number of nitrogens with zero attached hydrogens (tertiary/aromatic N) is 2. The molecule has 1 heterocycles. The average molecular weight is 288 g/mol. The van der Waals surface area contributed by atoms with E-state index in [9.17, 15) is 4.79 Å². The van der Waals surface area contributed by atoms with Gasteiger partial charge in [-0.05, 0) is 32.0 Å². The van der Waals surface area contributed by atoms with Gasteiger partial charge in [0.25, 0.3) is 0 Å². The summed E-state index contributed by atoms with van der Waals surface area (Å²) in [5.74, 6) is 0.150. The summed E-state index contributed by atoms with van der Waals surface area (Å²) in [6.07, 6.45) is 0. The fraction of sp³-hybridized carbons (Fsp3) is 0.375. The number of hydrogen-bond acceptors (Lipinski definition) is 5. The van der Waals surface area contributed by atoms with Crippen LogP contribution >= 0.6 is 0 Å². The second-order valence-electron chi connectivity index (χ2n) is 4.58. The van der Waals surface area contributed by atoms with Crippen LogP contribution in [0.4, 0.5) is 5.69 Å². The molecule has 5 heteroatoms. The van der Waals surface area contributed by atoms with Crippen LogP contribution in [0, 0.1) is 0 Å². The molecular weight excluding hydrogens is 268 g/mol. The number of esters is 1. The van der Waals surface area contributed by atoms with Crippen molar-refractivity contribution in [3.8, 4) is 5.75 Å². The summed E-state index contributed by atoms with van der Waals surface area (Å²) in [7, 11) is 2.92. The molecule has 5 nitrogen and oxygen atoms in total. The third-order valence-electron chi connectivity index (χ3n) is 3.50. The molecule has 0 saturated carbocycles. The van der Waals surface area contributed by atoms with E-state index >= 15 is 0 Å². The van der Waals surface area contributed by atoms with Crippen LogP contribution in [0.2, 0.25) is 0 Å². The Morgan fingerprint density at radius 2 is 1.90 bits per heavy atom. The first-order valence-corrected chi connectivity index (χ1v) is 6.96. The van der Waals surface area contributed by atoms with Gasteiger partial charge in [-0.2, -0.15) is 0 Å². The predicted octanol–water partition coefficient (Wildman–Crippen LogP) is 2.88. The van der Waals surface area contributed by atoms with Crippen LogP contribution in [0.15, 0.2) is 24.3 Å². The maximum absolute atomic E-state index is 11.6. The molecule has 2 rings (SSSR count). The number of benzene rings is 1. The number of methoxy groups -OCH3 is 2. The number of pyridine rings is 1. The Labute approximate surface area is 124 Å². The van der Waals surface area contributed by atoms with E-state index in [0.29, 0.717) is 11.3 Å².